The number of benzene rings is 2. The molecule has 0 aliphatic carbocycles. The van der Waals surface area contributed by atoms with Gasteiger partial charge in [-0.15, -0.1) is 0 Å². The number of aromatic nitrogens is 2. The lowest BCUT2D eigenvalue weighted by atomic mass is 10.2. The Morgan fingerprint density at radius 1 is 1.36 bits per heavy atom. The first kappa shape index (κ1) is 19.4. The fourth-order valence-electron chi connectivity index (χ4n) is 2.55. The van der Waals surface area contributed by atoms with Gasteiger partial charge in [0.25, 0.3) is 5.56 Å². The van der Waals surface area contributed by atoms with Crippen molar-refractivity contribution in [1.82, 2.24) is 9.66 Å². The monoisotopic (exact) mass is 442 g/mol. The second-order valence-electron chi connectivity index (χ2n) is 5.77. The van der Waals surface area contributed by atoms with Crippen LogP contribution in [0.3, 0.4) is 0 Å². The van der Waals surface area contributed by atoms with E-state index in [1.807, 2.05) is 0 Å². The summed E-state index contributed by atoms with van der Waals surface area (Å²) in [5.74, 6) is 0.532. The molecular weight excluding hydrogens is 428 g/mol. The maximum Gasteiger partial charge on any atom is 0.311 e. The smallest absolute Gasteiger partial charge is 0.311 e. The van der Waals surface area contributed by atoms with Crippen LogP contribution in [0, 0.1) is 17.0 Å². The second-order valence-corrected chi connectivity index (χ2v) is 6.68. The van der Waals surface area contributed by atoms with Crippen LogP contribution in [-0.4, -0.2) is 27.4 Å². The maximum absolute atomic E-state index is 12.7. The quantitative estimate of drug-likeness (QED) is 0.250. The van der Waals surface area contributed by atoms with Crippen LogP contribution in [0.4, 0.5) is 5.69 Å². The fourth-order valence-corrected chi connectivity index (χ4v) is 2.91. The van der Waals surface area contributed by atoms with Crippen molar-refractivity contribution in [2.45, 2.75) is 6.92 Å². The van der Waals surface area contributed by atoms with E-state index in [2.05, 4.69) is 32.6 Å². The molecular formula is C19H15BrN4O4. The largest absolute Gasteiger partial charge is 0.483 e. The summed E-state index contributed by atoms with van der Waals surface area (Å²) in [6, 6.07) is 9.64. The SMILES string of the molecule is C=CCOc1ccc(C=Nn2c(C)nc3ccc(Br)cc3c2=O)cc1[N+](=O)[O-]. The van der Waals surface area contributed by atoms with Gasteiger partial charge in [0.2, 0.25) is 0 Å². The van der Waals surface area contributed by atoms with E-state index in [9.17, 15) is 14.9 Å². The molecule has 2 aromatic carbocycles. The molecule has 0 saturated carbocycles. The van der Waals surface area contributed by atoms with Crippen LogP contribution >= 0.6 is 15.9 Å². The van der Waals surface area contributed by atoms with Crippen molar-refractivity contribution in [1.29, 1.82) is 0 Å². The van der Waals surface area contributed by atoms with Crippen LogP contribution in [0.5, 0.6) is 5.75 Å². The van der Waals surface area contributed by atoms with E-state index >= 15 is 0 Å². The minimum Gasteiger partial charge on any atom is -0.483 e. The summed E-state index contributed by atoms with van der Waals surface area (Å²) in [5.41, 5.74) is 0.478. The van der Waals surface area contributed by atoms with E-state index in [1.165, 1.54) is 24.4 Å². The van der Waals surface area contributed by atoms with Gasteiger partial charge in [0.1, 0.15) is 12.4 Å². The lowest BCUT2D eigenvalue weighted by Crippen LogP contribution is -2.20. The molecule has 142 valence electrons. The number of nitrogens with zero attached hydrogens (tertiary/aromatic N) is 4. The third-order valence-electron chi connectivity index (χ3n) is 3.83. The molecule has 28 heavy (non-hydrogen) atoms. The summed E-state index contributed by atoms with van der Waals surface area (Å²) in [6.45, 7) is 5.33. The van der Waals surface area contributed by atoms with E-state index in [0.717, 1.165) is 9.15 Å². The Morgan fingerprint density at radius 2 is 2.14 bits per heavy atom. The number of nitro benzene ring substituents is 1. The van der Waals surface area contributed by atoms with Crippen LogP contribution in [-0.2, 0) is 0 Å². The minimum absolute atomic E-state index is 0.132. The second kappa shape index (κ2) is 8.13. The van der Waals surface area contributed by atoms with Gasteiger partial charge in [0.15, 0.2) is 5.75 Å². The predicted molar refractivity (Wildman–Crippen MR) is 110 cm³/mol. The number of hydrogen-bond acceptors (Lipinski definition) is 6. The average Bonchev–Trinajstić information content (AvgIpc) is 2.67. The molecule has 1 aromatic heterocycles. The fraction of sp³-hybridized carbons (Fsp3) is 0.105. The molecule has 0 amide bonds. The Bertz CT molecular complexity index is 1170. The lowest BCUT2D eigenvalue weighted by Gasteiger charge is -2.06. The number of rotatable bonds is 6. The van der Waals surface area contributed by atoms with Crippen molar-refractivity contribution in [2.24, 2.45) is 5.10 Å². The van der Waals surface area contributed by atoms with E-state index in [0.29, 0.717) is 22.3 Å². The molecule has 1 heterocycles. The number of halogens is 1. The van der Waals surface area contributed by atoms with Gasteiger partial charge < -0.3 is 4.74 Å². The number of fused-ring (bicyclic) bond motifs is 1. The van der Waals surface area contributed by atoms with Gasteiger partial charge >= 0.3 is 5.69 Å². The van der Waals surface area contributed by atoms with Crippen LogP contribution in [0.1, 0.15) is 11.4 Å². The molecule has 0 aliphatic rings. The molecule has 0 atom stereocenters. The summed E-state index contributed by atoms with van der Waals surface area (Å²) in [4.78, 5) is 27.8. The summed E-state index contributed by atoms with van der Waals surface area (Å²) < 4.78 is 7.20. The zero-order chi connectivity index (χ0) is 20.3. The highest BCUT2D eigenvalue weighted by atomic mass is 79.9. The summed E-state index contributed by atoms with van der Waals surface area (Å²) in [7, 11) is 0. The summed E-state index contributed by atoms with van der Waals surface area (Å²) >= 11 is 3.34. The van der Waals surface area contributed by atoms with Gasteiger partial charge in [-0.2, -0.15) is 9.78 Å². The van der Waals surface area contributed by atoms with Gasteiger partial charge in [-0.25, -0.2) is 4.98 Å². The Balaban J connectivity index is 2.02. The average molecular weight is 443 g/mol. The molecule has 8 nitrogen and oxygen atoms in total. The van der Waals surface area contributed by atoms with Crippen LogP contribution < -0.4 is 10.3 Å². The van der Waals surface area contributed by atoms with Crippen molar-refractivity contribution in [3.8, 4) is 5.75 Å². The molecule has 0 spiro atoms. The molecule has 3 rings (SSSR count). The van der Waals surface area contributed by atoms with Crippen molar-refractivity contribution in [3.63, 3.8) is 0 Å². The van der Waals surface area contributed by atoms with Crippen molar-refractivity contribution >= 4 is 38.7 Å². The Labute approximate surface area is 168 Å². The lowest BCUT2D eigenvalue weighted by molar-refractivity contribution is -0.385. The van der Waals surface area contributed by atoms with Crippen LogP contribution in [0.25, 0.3) is 10.9 Å². The predicted octanol–water partition coefficient (Wildman–Crippen LogP) is 3.82. The number of ether oxygens (including phenoxy) is 1. The van der Waals surface area contributed by atoms with Gasteiger partial charge in [0, 0.05) is 16.1 Å². The molecule has 0 saturated heterocycles. The Morgan fingerprint density at radius 3 is 2.86 bits per heavy atom. The third kappa shape index (κ3) is 3.99. The standard InChI is InChI=1S/C19H15BrN4O4/c1-3-8-28-18-7-4-13(9-17(18)24(26)27)11-21-23-12(2)22-16-6-5-14(20)10-15(16)19(23)25/h3-7,9-11H,1,8H2,2H3. The normalized spacial score (nSPS) is 11.1. The Kier molecular flexibility index (Phi) is 5.65. The molecule has 0 aliphatic heterocycles. The maximum atomic E-state index is 12.7. The number of aryl methyl sites for hydroxylation is 1. The topological polar surface area (TPSA) is 99.6 Å². The van der Waals surface area contributed by atoms with Crippen molar-refractivity contribution in [2.75, 3.05) is 6.61 Å². The molecule has 9 heteroatoms. The molecule has 0 fully saturated rings. The third-order valence-corrected chi connectivity index (χ3v) is 4.32. The van der Waals surface area contributed by atoms with Gasteiger partial charge in [-0.05, 0) is 37.3 Å². The van der Waals surface area contributed by atoms with Gasteiger partial charge in [0.05, 0.1) is 22.0 Å². The molecule has 0 bridgehead atoms. The minimum atomic E-state index is -0.539. The number of nitro groups is 1. The zero-order valence-corrected chi connectivity index (χ0v) is 16.4. The van der Waals surface area contributed by atoms with Crippen molar-refractivity contribution < 1.29 is 9.66 Å². The first-order valence-corrected chi connectivity index (χ1v) is 8.95. The highest BCUT2D eigenvalue weighted by Gasteiger charge is 2.15. The van der Waals surface area contributed by atoms with E-state index in [1.54, 1.807) is 31.2 Å². The Hall–Kier alpha value is -3.33. The van der Waals surface area contributed by atoms with Gasteiger partial charge in [-0.1, -0.05) is 28.6 Å². The van der Waals surface area contributed by atoms with E-state index in [4.69, 9.17) is 4.74 Å². The summed E-state index contributed by atoms with van der Waals surface area (Å²) in [5, 5.41) is 15.9. The molecule has 0 N–H and O–H groups in total. The van der Waals surface area contributed by atoms with Crippen LogP contribution in [0.15, 0.2) is 63.4 Å². The van der Waals surface area contributed by atoms with Crippen LogP contribution in [0.2, 0.25) is 0 Å². The first-order chi connectivity index (χ1) is 13.4. The van der Waals surface area contributed by atoms with E-state index in [-0.39, 0.29) is 23.6 Å². The van der Waals surface area contributed by atoms with Crippen molar-refractivity contribution in [3.05, 3.63) is 85.4 Å². The molecule has 0 unspecified atom stereocenters. The highest BCUT2D eigenvalue weighted by molar-refractivity contribution is 9.10. The molecule has 0 radical (unpaired) electrons. The number of hydrogen-bond donors (Lipinski definition) is 0. The molecule has 3 aromatic rings. The summed E-state index contributed by atoms with van der Waals surface area (Å²) in [6.07, 6.45) is 2.86. The zero-order valence-electron chi connectivity index (χ0n) is 14.8. The van der Waals surface area contributed by atoms with Gasteiger partial charge in [-0.3, -0.25) is 14.9 Å². The highest BCUT2D eigenvalue weighted by Crippen LogP contribution is 2.27. The first-order valence-electron chi connectivity index (χ1n) is 8.16. The van der Waals surface area contributed by atoms with E-state index < -0.39 is 4.92 Å².